The van der Waals surface area contributed by atoms with Gasteiger partial charge in [0.25, 0.3) is 0 Å². The Morgan fingerprint density at radius 2 is 1.92 bits per heavy atom. The Balaban J connectivity index is 2.02. The van der Waals surface area contributed by atoms with Gasteiger partial charge in [-0.25, -0.2) is 9.80 Å². The van der Waals surface area contributed by atoms with Crippen LogP contribution in [-0.4, -0.2) is 35.2 Å². The zero-order valence-electron chi connectivity index (χ0n) is 15.8. The molecule has 0 aromatic heterocycles. The van der Waals surface area contributed by atoms with Gasteiger partial charge in [0.1, 0.15) is 11.6 Å². The molecule has 6 heteroatoms. The lowest BCUT2D eigenvalue weighted by atomic mass is 10.0. The molecule has 138 valence electrons. The Labute approximate surface area is 149 Å². The lowest BCUT2D eigenvalue weighted by Gasteiger charge is -2.27. The molecular weight excluding hydrogens is 318 g/mol. The molecule has 2 rings (SSSR count). The average Bonchev–Trinajstić information content (AvgIpc) is 2.93. The highest BCUT2D eigenvalue weighted by Crippen LogP contribution is 2.25. The van der Waals surface area contributed by atoms with E-state index in [0.29, 0.717) is 18.9 Å². The normalized spacial score (nSPS) is 18.2. The van der Waals surface area contributed by atoms with Gasteiger partial charge in [0.15, 0.2) is 0 Å². The first-order chi connectivity index (χ1) is 11.7. The predicted molar refractivity (Wildman–Crippen MR) is 98.3 cm³/mol. The number of carbonyl (C=O) groups is 2. The second-order valence-corrected chi connectivity index (χ2v) is 7.70. The number of ether oxygens (including phenoxy) is 1. The monoisotopic (exact) mass is 347 g/mol. The smallest absolute Gasteiger partial charge is 0.422 e. The van der Waals surface area contributed by atoms with Crippen LogP contribution >= 0.6 is 0 Å². The van der Waals surface area contributed by atoms with Crippen LogP contribution in [0.5, 0.6) is 0 Å². The SMILES string of the molecule is CC(C)c1ccccc1NC(=O)[C@H]1CCCN1NC(=O)OC(C)(C)C. The van der Waals surface area contributed by atoms with Crippen LogP contribution in [0.2, 0.25) is 0 Å². The number of nitrogens with one attached hydrogen (secondary N) is 2. The molecule has 0 bridgehead atoms. The standard InChI is InChI=1S/C19H29N3O3/c1-13(2)14-9-6-7-10-15(14)20-17(23)16-11-8-12-22(16)21-18(24)25-19(3,4)5/h6-7,9-10,13,16H,8,11-12H2,1-5H3,(H,20,23)(H,21,24)/t16-/m1/s1. The summed E-state index contributed by atoms with van der Waals surface area (Å²) in [6.07, 6.45) is 1.01. The molecule has 0 saturated carbocycles. The van der Waals surface area contributed by atoms with E-state index >= 15 is 0 Å². The van der Waals surface area contributed by atoms with Crippen LogP contribution in [0, 0.1) is 0 Å². The molecule has 25 heavy (non-hydrogen) atoms. The van der Waals surface area contributed by atoms with E-state index in [-0.39, 0.29) is 5.91 Å². The molecule has 1 aliphatic heterocycles. The molecule has 6 nitrogen and oxygen atoms in total. The van der Waals surface area contributed by atoms with Crippen molar-refractivity contribution in [1.29, 1.82) is 0 Å². The molecule has 1 aromatic rings. The maximum Gasteiger partial charge on any atom is 0.422 e. The first-order valence-corrected chi connectivity index (χ1v) is 8.83. The average molecular weight is 347 g/mol. The Bertz CT molecular complexity index is 623. The van der Waals surface area contributed by atoms with Crippen molar-refractivity contribution in [3.63, 3.8) is 0 Å². The largest absolute Gasteiger partial charge is 0.443 e. The highest BCUT2D eigenvalue weighted by molar-refractivity contribution is 5.95. The van der Waals surface area contributed by atoms with E-state index in [4.69, 9.17) is 4.74 Å². The zero-order valence-corrected chi connectivity index (χ0v) is 15.8. The van der Waals surface area contributed by atoms with E-state index < -0.39 is 17.7 Å². The van der Waals surface area contributed by atoms with Gasteiger partial charge in [0.05, 0.1) is 0 Å². The van der Waals surface area contributed by atoms with Gasteiger partial charge < -0.3 is 10.1 Å². The van der Waals surface area contributed by atoms with E-state index in [1.165, 1.54) is 0 Å². The molecule has 1 aliphatic rings. The van der Waals surface area contributed by atoms with Crippen molar-refractivity contribution in [2.75, 3.05) is 11.9 Å². The topological polar surface area (TPSA) is 70.7 Å². The van der Waals surface area contributed by atoms with E-state index in [0.717, 1.165) is 17.7 Å². The van der Waals surface area contributed by atoms with Crippen molar-refractivity contribution in [1.82, 2.24) is 10.4 Å². The minimum Gasteiger partial charge on any atom is -0.443 e. The summed E-state index contributed by atoms with van der Waals surface area (Å²) in [5.41, 5.74) is 4.05. The number of hydrogen-bond acceptors (Lipinski definition) is 4. The van der Waals surface area contributed by atoms with Crippen molar-refractivity contribution in [3.05, 3.63) is 29.8 Å². The Morgan fingerprint density at radius 1 is 1.24 bits per heavy atom. The van der Waals surface area contributed by atoms with E-state index in [2.05, 4.69) is 24.6 Å². The number of rotatable bonds is 4. The van der Waals surface area contributed by atoms with Gasteiger partial charge in [-0.1, -0.05) is 32.0 Å². The van der Waals surface area contributed by atoms with E-state index in [1.807, 2.05) is 45.0 Å². The molecule has 1 fully saturated rings. The van der Waals surface area contributed by atoms with Gasteiger partial charge in [0, 0.05) is 12.2 Å². The molecule has 2 N–H and O–H groups in total. The van der Waals surface area contributed by atoms with Crippen molar-refractivity contribution >= 4 is 17.7 Å². The summed E-state index contributed by atoms with van der Waals surface area (Å²) < 4.78 is 5.27. The van der Waals surface area contributed by atoms with Gasteiger partial charge in [-0.2, -0.15) is 0 Å². The van der Waals surface area contributed by atoms with Crippen molar-refractivity contribution in [2.45, 2.75) is 65.0 Å². The lowest BCUT2D eigenvalue weighted by molar-refractivity contribution is -0.121. The molecule has 1 aromatic carbocycles. The van der Waals surface area contributed by atoms with Gasteiger partial charge in [-0.15, -0.1) is 0 Å². The van der Waals surface area contributed by atoms with Crippen LogP contribution < -0.4 is 10.7 Å². The van der Waals surface area contributed by atoms with Gasteiger partial charge in [0.2, 0.25) is 5.91 Å². The van der Waals surface area contributed by atoms with E-state index in [1.54, 1.807) is 5.01 Å². The first kappa shape index (κ1) is 19.2. The van der Waals surface area contributed by atoms with Crippen LogP contribution in [0.3, 0.4) is 0 Å². The van der Waals surface area contributed by atoms with Crippen molar-refractivity contribution in [3.8, 4) is 0 Å². The molecule has 0 spiro atoms. The summed E-state index contributed by atoms with van der Waals surface area (Å²) in [6.45, 7) is 10.2. The summed E-state index contributed by atoms with van der Waals surface area (Å²) in [4.78, 5) is 24.7. The minimum absolute atomic E-state index is 0.110. The third kappa shape index (κ3) is 5.46. The van der Waals surface area contributed by atoms with Gasteiger partial charge in [-0.3, -0.25) is 10.2 Å². The second-order valence-electron chi connectivity index (χ2n) is 7.70. The number of amides is 2. The third-order valence-corrected chi connectivity index (χ3v) is 4.03. The zero-order chi connectivity index (χ0) is 18.6. The highest BCUT2D eigenvalue weighted by atomic mass is 16.6. The third-order valence-electron chi connectivity index (χ3n) is 4.03. The van der Waals surface area contributed by atoms with Gasteiger partial charge in [-0.05, 0) is 51.2 Å². The molecular formula is C19H29N3O3. The molecule has 2 amide bonds. The fourth-order valence-electron chi connectivity index (χ4n) is 2.92. The molecule has 0 unspecified atom stereocenters. The number of benzene rings is 1. The highest BCUT2D eigenvalue weighted by Gasteiger charge is 2.33. The summed E-state index contributed by atoms with van der Waals surface area (Å²) in [7, 11) is 0. The predicted octanol–water partition coefficient (Wildman–Crippen LogP) is 3.65. The summed E-state index contributed by atoms with van der Waals surface area (Å²) in [5.74, 6) is 0.206. The molecule has 1 atom stereocenters. The van der Waals surface area contributed by atoms with Crippen molar-refractivity contribution in [2.24, 2.45) is 0 Å². The maximum absolute atomic E-state index is 12.7. The first-order valence-electron chi connectivity index (χ1n) is 8.83. The number of hydrogen-bond donors (Lipinski definition) is 2. The summed E-state index contributed by atoms with van der Waals surface area (Å²) in [6, 6.07) is 7.41. The number of nitrogens with zero attached hydrogens (tertiary/aromatic N) is 1. The van der Waals surface area contributed by atoms with Crippen molar-refractivity contribution < 1.29 is 14.3 Å². The molecule has 0 radical (unpaired) electrons. The molecule has 1 saturated heterocycles. The molecule has 1 heterocycles. The van der Waals surface area contributed by atoms with Crippen LogP contribution in [0.4, 0.5) is 10.5 Å². The number of carbonyl (C=O) groups excluding carboxylic acids is 2. The minimum atomic E-state index is -0.572. The fraction of sp³-hybridized carbons (Fsp3) is 0.579. The number of anilines is 1. The van der Waals surface area contributed by atoms with Gasteiger partial charge >= 0.3 is 6.09 Å². The van der Waals surface area contributed by atoms with Crippen LogP contribution in [-0.2, 0) is 9.53 Å². The fourth-order valence-corrected chi connectivity index (χ4v) is 2.92. The lowest BCUT2D eigenvalue weighted by Crippen LogP contribution is -2.51. The van der Waals surface area contributed by atoms with Crippen LogP contribution in [0.15, 0.2) is 24.3 Å². The van der Waals surface area contributed by atoms with Crippen LogP contribution in [0.25, 0.3) is 0 Å². The summed E-state index contributed by atoms with van der Waals surface area (Å²) >= 11 is 0. The summed E-state index contributed by atoms with van der Waals surface area (Å²) in [5, 5.41) is 4.68. The Hall–Kier alpha value is -2.08. The molecule has 0 aliphatic carbocycles. The van der Waals surface area contributed by atoms with E-state index in [9.17, 15) is 9.59 Å². The van der Waals surface area contributed by atoms with Crippen LogP contribution in [0.1, 0.15) is 58.9 Å². The number of para-hydroxylation sites is 1. The quantitative estimate of drug-likeness (QED) is 0.872. The Kier molecular flexibility index (Phi) is 6.06. The number of hydrazine groups is 1. The maximum atomic E-state index is 12.7. The second kappa shape index (κ2) is 7.87. The Morgan fingerprint density at radius 3 is 2.56 bits per heavy atom.